The summed E-state index contributed by atoms with van der Waals surface area (Å²) in [4.78, 5) is 39.7. The zero-order valence-electron chi connectivity index (χ0n) is 16.7. The predicted molar refractivity (Wildman–Crippen MR) is 103 cm³/mol. The maximum Gasteiger partial charge on any atom is 0.471 e. The summed E-state index contributed by atoms with van der Waals surface area (Å²) in [5, 5.41) is 0. The van der Waals surface area contributed by atoms with Crippen LogP contribution in [0.25, 0.3) is 0 Å². The van der Waals surface area contributed by atoms with Crippen molar-refractivity contribution in [3.05, 3.63) is 36.4 Å². The minimum Gasteiger partial charge on any atom is -0.494 e. The summed E-state index contributed by atoms with van der Waals surface area (Å²) in [7, 11) is 0. The Morgan fingerprint density at radius 1 is 1.06 bits per heavy atom. The quantitative estimate of drug-likeness (QED) is 0.528. The molecule has 2 bridgehead atoms. The molecule has 0 spiro atoms. The highest BCUT2D eigenvalue weighted by Gasteiger charge is 2.67. The minimum absolute atomic E-state index is 0.0429. The molecule has 3 fully saturated rings. The SMILES string of the molecule is CCOc1ccc(N(CN2C(=O)[C@@H]3[C@H]4C=C[C@H]([C@H]5C[C@H]45)[C@@H]3C2=O)C(=O)C(F)(F)F)cc1. The number of allylic oxidation sites excluding steroid dienone is 2. The molecule has 0 aromatic heterocycles. The van der Waals surface area contributed by atoms with Gasteiger partial charge in [-0.15, -0.1) is 0 Å². The third-order valence-electron chi connectivity index (χ3n) is 6.98. The third-order valence-corrected chi connectivity index (χ3v) is 6.98. The van der Waals surface area contributed by atoms with E-state index >= 15 is 0 Å². The summed E-state index contributed by atoms with van der Waals surface area (Å²) in [5.74, 6) is -3.04. The number of ether oxygens (including phenoxy) is 1. The van der Waals surface area contributed by atoms with Crippen LogP contribution in [0, 0.1) is 35.5 Å². The highest BCUT2D eigenvalue weighted by molar-refractivity contribution is 6.07. The van der Waals surface area contributed by atoms with Crippen LogP contribution >= 0.6 is 0 Å². The number of halogens is 3. The van der Waals surface area contributed by atoms with Crippen LogP contribution in [0.4, 0.5) is 18.9 Å². The maximum atomic E-state index is 13.3. The molecule has 31 heavy (non-hydrogen) atoms. The second kappa shape index (κ2) is 6.83. The topological polar surface area (TPSA) is 66.9 Å². The van der Waals surface area contributed by atoms with Gasteiger partial charge < -0.3 is 4.74 Å². The van der Waals surface area contributed by atoms with Crippen molar-refractivity contribution in [3.63, 3.8) is 0 Å². The summed E-state index contributed by atoms with van der Waals surface area (Å²) in [6.07, 6.45) is -0.195. The number of likely N-dealkylation sites (tertiary alicyclic amines) is 1. The molecular weight excluding hydrogens is 413 g/mol. The molecule has 6 atom stereocenters. The van der Waals surface area contributed by atoms with E-state index in [1.165, 1.54) is 24.3 Å². The molecule has 1 heterocycles. The lowest BCUT2D eigenvalue weighted by molar-refractivity contribution is -0.171. The Kier molecular flexibility index (Phi) is 4.43. The van der Waals surface area contributed by atoms with E-state index in [0.29, 0.717) is 29.1 Å². The Labute approximate surface area is 176 Å². The van der Waals surface area contributed by atoms with E-state index in [0.717, 1.165) is 11.3 Å². The molecule has 1 aliphatic heterocycles. The van der Waals surface area contributed by atoms with Crippen molar-refractivity contribution in [1.29, 1.82) is 0 Å². The van der Waals surface area contributed by atoms with Gasteiger partial charge in [-0.2, -0.15) is 13.2 Å². The molecule has 2 saturated carbocycles. The van der Waals surface area contributed by atoms with Crippen molar-refractivity contribution in [2.24, 2.45) is 35.5 Å². The molecule has 3 amide bonds. The lowest BCUT2D eigenvalue weighted by atomic mass is 9.63. The van der Waals surface area contributed by atoms with Gasteiger partial charge in [0.2, 0.25) is 11.8 Å². The summed E-state index contributed by atoms with van der Waals surface area (Å²) >= 11 is 0. The van der Waals surface area contributed by atoms with Gasteiger partial charge in [0.15, 0.2) is 0 Å². The summed E-state index contributed by atoms with van der Waals surface area (Å²) in [5.41, 5.74) is -0.0646. The van der Waals surface area contributed by atoms with E-state index in [2.05, 4.69) is 0 Å². The number of imide groups is 1. The number of nitrogens with zero attached hydrogens (tertiary/aromatic N) is 2. The molecule has 1 aromatic rings. The Bertz CT molecular complexity index is 938. The number of amides is 3. The van der Waals surface area contributed by atoms with Crippen LogP contribution in [-0.2, 0) is 14.4 Å². The van der Waals surface area contributed by atoms with Gasteiger partial charge in [-0.25, -0.2) is 0 Å². The van der Waals surface area contributed by atoms with Crippen molar-refractivity contribution in [3.8, 4) is 5.75 Å². The van der Waals surface area contributed by atoms with Gasteiger partial charge in [0.05, 0.1) is 18.4 Å². The van der Waals surface area contributed by atoms with Crippen LogP contribution < -0.4 is 9.64 Å². The monoisotopic (exact) mass is 434 g/mol. The molecule has 6 nitrogen and oxygen atoms in total. The van der Waals surface area contributed by atoms with Gasteiger partial charge in [0.25, 0.3) is 0 Å². The fraction of sp³-hybridized carbons (Fsp3) is 0.500. The third kappa shape index (κ3) is 3.04. The smallest absolute Gasteiger partial charge is 0.471 e. The van der Waals surface area contributed by atoms with Gasteiger partial charge in [0.1, 0.15) is 12.4 Å². The second-order valence-electron chi connectivity index (χ2n) is 8.56. The van der Waals surface area contributed by atoms with Crippen LogP contribution in [0.5, 0.6) is 5.75 Å². The van der Waals surface area contributed by atoms with Gasteiger partial charge >= 0.3 is 12.1 Å². The van der Waals surface area contributed by atoms with Gasteiger partial charge in [0, 0.05) is 5.69 Å². The number of carbonyl (C=O) groups excluding carboxylic acids is 3. The fourth-order valence-corrected chi connectivity index (χ4v) is 5.60. The van der Waals surface area contributed by atoms with E-state index in [-0.39, 0.29) is 17.5 Å². The molecule has 1 saturated heterocycles. The van der Waals surface area contributed by atoms with Gasteiger partial charge in [-0.1, -0.05) is 12.2 Å². The van der Waals surface area contributed by atoms with Crippen molar-refractivity contribution >= 4 is 23.4 Å². The van der Waals surface area contributed by atoms with Crippen LogP contribution in [0.3, 0.4) is 0 Å². The van der Waals surface area contributed by atoms with Gasteiger partial charge in [-0.05, 0) is 61.3 Å². The molecule has 1 aromatic carbocycles. The molecule has 4 aliphatic carbocycles. The number of hydrogen-bond acceptors (Lipinski definition) is 4. The van der Waals surface area contributed by atoms with Crippen molar-refractivity contribution in [2.45, 2.75) is 19.5 Å². The first-order valence-corrected chi connectivity index (χ1v) is 10.4. The number of rotatable bonds is 5. The van der Waals surface area contributed by atoms with Crippen LogP contribution in [0.1, 0.15) is 13.3 Å². The van der Waals surface area contributed by atoms with Crippen molar-refractivity contribution < 1.29 is 32.3 Å². The molecule has 6 rings (SSSR count). The van der Waals surface area contributed by atoms with Crippen LogP contribution in [0.2, 0.25) is 0 Å². The first-order valence-electron chi connectivity index (χ1n) is 10.4. The Balaban J connectivity index is 1.44. The summed E-state index contributed by atoms with van der Waals surface area (Å²) < 4.78 is 45.3. The minimum atomic E-state index is -5.15. The van der Waals surface area contributed by atoms with Gasteiger partial charge in [-0.3, -0.25) is 24.2 Å². The number of anilines is 1. The normalized spacial score (nSPS) is 32.7. The summed E-state index contributed by atoms with van der Waals surface area (Å²) in [6, 6.07) is 5.52. The molecule has 164 valence electrons. The fourth-order valence-electron chi connectivity index (χ4n) is 5.60. The number of benzene rings is 1. The van der Waals surface area contributed by atoms with E-state index in [1.807, 2.05) is 12.2 Å². The number of carbonyl (C=O) groups is 3. The highest BCUT2D eigenvalue weighted by atomic mass is 19.4. The molecule has 9 heteroatoms. The second-order valence-corrected chi connectivity index (χ2v) is 8.56. The zero-order chi connectivity index (χ0) is 22.1. The molecular formula is C22H21F3N2O4. The predicted octanol–water partition coefficient (Wildman–Crippen LogP) is 2.99. The number of alkyl halides is 3. The molecule has 0 radical (unpaired) electrons. The largest absolute Gasteiger partial charge is 0.494 e. The lowest BCUT2D eigenvalue weighted by Crippen LogP contribution is -2.49. The van der Waals surface area contributed by atoms with E-state index in [9.17, 15) is 27.6 Å². The first-order chi connectivity index (χ1) is 14.7. The average molecular weight is 434 g/mol. The van der Waals surface area contributed by atoms with E-state index < -0.39 is 42.4 Å². The molecule has 0 unspecified atom stereocenters. The highest BCUT2D eigenvalue weighted by Crippen LogP contribution is 2.65. The Hall–Kier alpha value is -2.84. The van der Waals surface area contributed by atoms with Crippen molar-refractivity contribution in [2.75, 3.05) is 18.2 Å². The maximum absolute atomic E-state index is 13.3. The zero-order valence-corrected chi connectivity index (χ0v) is 16.7. The van der Waals surface area contributed by atoms with Crippen molar-refractivity contribution in [1.82, 2.24) is 4.90 Å². The average Bonchev–Trinajstić information content (AvgIpc) is 3.52. The Morgan fingerprint density at radius 2 is 1.61 bits per heavy atom. The molecule has 5 aliphatic rings. The molecule has 0 N–H and O–H groups in total. The first kappa shape index (κ1) is 20.1. The lowest BCUT2D eigenvalue weighted by Gasteiger charge is -2.37. The van der Waals surface area contributed by atoms with Crippen LogP contribution in [-0.4, -0.2) is 42.1 Å². The number of hydrogen-bond donors (Lipinski definition) is 0. The summed E-state index contributed by atoms with van der Waals surface area (Å²) in [6.45, 7) is 1.39. The standard InChI is InChI=1S/C22H21F3N2O4/c1-2-31-12-5-3-11(4-6-12)26(21(30)22(23,24)25)10-27-19(28)17-13-7-8-14(16-9-15(13)16)18(17)20(27)29/h3-8,13-18H,2,9-10H2,1H3/t13-,14+,15-,16-,17+,18-/m1/s1. The Morgan fingerprint density at radius 3 is 2.10 bits per heavy atom. The van der Waals surface area contributed by atoms with E-state index in [4.69, 9.17) is 4.74 Å². The van der Waals surface area contributed by atoms with Crippen LogP contribution in [0.15, 0.2) is 36.4 Å². The van der Waals surface area contributed by atoms with E-state index in [1.54, 1.807) is 6.92 Å².